The minimum absolute atomic E-state index is 0.196. The van der Waals surface area contributed by atoms with Gasteiger partial charge in [-0.15, -0.1) is 0 Å². The number of benzene rings is 1. The second-order valence-electron chi connectivity index (χ2n) is 4.38. The molecule has 0 aliphatic heterocycles. The van der Waals surface area contributed by atoms with E-state index < -0.39 is 0 Å². The van der Waals surface area contributed by atoms with E-state index in [1.807, 2.05) is 26.0 Å². The van der Waals surface area contributed by atoms with Gasteiger partial charge < -0.3 is 4.74 Å². The van der Waals surface area contributed by atoms with E-state index in [1.165, 1.54) is 0 Å². The Bertz CT molecular complexity index is 469. The van der Waals surface area contributed by atoms with E-state index in [0.717, 1.165) is 4.47 Å². The van der Waals surface area contributed by atoms with Crippen LogP contribution in [0.4, 0.5) is 0 Å². The molecule has 0 heterocycles. The van der Waals surface area contributed by atoms with Crippen LogP contribution in [0.1, 0.15) is 25.8 Å². The van der Waals surface area contributed by atoms with E-state index in [2.05, 4.69) is 15.9 Å². The maximum atomic E-state index is 11.0. The first-order chi connectivity index (χ1) is 8.43. The number of methoxy groups -OCH3 is 1. The highest BCUT2D eigenvalue weighted by atomic mass is 79.9. The van der Waals surface area contributed by atoms with Crippen LogP contribution in [0.25, 0.3) is 6.08 Å². The van der Waals surface area contributed by atoms with Gasteiger partial charge in [-0.2, -0.15) is 0 Å². The number of nitro groups is 1. The molecule has 0 saturated heterocycles. The lowest BCUT2D eigenvalue weighted by atomic mass is 10.1. The number of hydrogen-bond donors (Lipinski definition) is 0. The van der Waals surface area contributed by atoms with Crippen molar-refractivity contribution in [1.29, 1.82) is 0 Å². The van der Waals surface area contributed by atoms with Crippen molar-refractivity contribution >= 4 is 22.0 Å². The van der Waals surface area contributed by atoms with Gasteiger partial charge in [0.1, 0.15) is 5.75 Å². The molecule has 1 aromatic carbocycles. The zero-order valence-electron chi connectivity index (χ0n) is 10.6. The average Bonchev–Trinajstić information content (AvgIpc) is 2.27. The summed E-state index contributed by atoms with van der Waals surface area (Å²) in [5.74, 6) is 0.862. The molecule has 0 fully saturated rings. The van der Waals surface area contributed by atoms with E-state index in [4.69, 9.17) is 4.74 Å². The molecule has 0 amide bonds. The van der Waals surface area contributed by atoms with Crippen molar-refractivity contribution in [3.05, 3.63) is 44.0 Å². The van der Waals surface area contributed by atoms with Crippen LogP contribution in [-0.4, -0.2) is 12.0 Å². The molecule has 0 atom stereocenters. The van der Waals surface area contributed by atoms with E-state index >= 15 is 0 Å². The molecule has 0 radical (unpaired) electrons. The Morgan fingerprint density at radius 3 is 2.72 bits per heavy atom. The van der Waals surface area contributed by atoms with Crippen LogP contribution in [0.15, 0.2) is 28.4 Å². The fourth-order valence-electron chi connectivity index (χ4n) is 1.60. The van der Waals surface area contributed by atoms with Crippen LogP contribution in [0.3, 0.4) is 0 Å². The van der Waals surface area contributed by atoms with Gasteiger partial charge in [0.25, 0.3) is 0 Å². The van der Waals surface area contributed by atoms with Gasteiger partial charge in [-0.3, -0.25) is 10.1 Å². The molecule has 0 bridgehead atoms. The molecular weight excluding hydrogens is 298 g/mol. The molecule has 0 aromatic heterocycles. The van der Waals surface area contributed by atoms with Gasteiger partial charge in [0.2, 0.25) is 5.70 Å². The van der Waals surface area contributed by atoms with Gasteiger partial charge in [0, 0.05) is 22.5 Å². The monoisotopic (exact) mass is 313 g/mol. The molecular formula is C13H16BrNO3. The van der Waals surface area contributed by atoms with Gasteiger partial charge >= 0.3 is 0 Å². The van der Waals surface area contributed by atoms with Crippen molar-refractivity contribution in [2.45, 2.75) is 20.3 Å². The van der Waals surface area contributed by atoms with Crippen molar-refractivity contribution in [2.24, 2.45) is 5.92 Å². The molecule has 0 aliphatic carbocycles. The lowest BCUT2D eigenvalue weighted by Gasteiger charge is -2.06. The summed E-state index contributed by atoms with van der Waals surface area (Å²) in [6.45, 7) is 3.91. The molecule has 0 spiro atoms. The number of allylic oxidation sites excluding steroid dienone is 1. The maximum Gasteiger partial charge on any atom is 0.247 e. The largest absolute Gasteiger partial charge is 0.496 e. The van der Waals surface area contributed by atoms with Crippen LogP contribution in [0.2, 0.25) is 0 Å². The molecule has 18 heavy (non-hydrogen) atoms. The summed E-state index contributed by atoms with van der Waals surface area (Å²) in [7, 11) is 1.55. The highest BCUT2D eigenvalue weighted by Gasteiger charge is 2.14. The first kappa shape index (κ1) is 14.7. The molecule has 1 rings (SSSR count). The maximum absolute atomic E-state index is 11.0. The Morgan fingerprint density at radius 2 is 2.22 bits per heavy atom. The normalized spacial score (nSPS) is 11.7. The third-order valence-electron chi connectivity index (χ3n) is 2.37. The molecule has 0 N–H and O–H groups in total. The molecule has 0 saturated carbocycles. The third-order valence-corrected chi connectivity index (χ3v) is 2.86. The van der Waals surface area contributed by atoms with Crippen LogP contribution < -0.4 is 4.74 Å². The lowest BCUT2D eigenvalue weighted by Crippen LogP contribution is -2.02. The first-order valence-corrected chi connectivity index (χ1v) is 6.41. The van der Waals surface area contributed by atoms with Crippen molar-refractivity contribution < 1.29 is 9.66 Å². The van der Waals surface area contributed by atoms with Gasteiger partial charge in [-0.25, -0.2) is 0 Å². The topological polar surface area (TPSA) is 52.4 Å². The fraction of sp³-hybridized carbons (Fsp3) is 0.385. The van der Waals surface area contributed by atoms with Crippen molar-refractivity contribution in [1.82, 2.24) is 0 Å². The number of nitrogens with zero attached hydrogens (tertiary/aromatic N) is 1. The summed E-state index contributed by atoms with van der Waals surface area (Å²) in [4.78, 5) is 10.7. The SMILES string of the molecule is COc1ccc(Br)cc1C=C(CC(C)C)[N+](=O)[O-]. The molecule has 1 aromatic rings. The van der Waals surface area contributed by atoms with Crippen LogP contribution >= 0.6 is 15.9 Å². The van der Waals surface area contributed by atoms with Gasteiger partial charge in [-0.1, -0.05) is 29.8 Å². The summed E-state index contributed by atoms with van der Waals surface area (Å²) >= 11 is 3.35. The van der Waals surface area contributed by atoms with E-state index in [0.29, 0.717) is 17.7 Å². The Kier molecular flexibility index (Phi) is 5.34. The van der Waals surface area contributed by atoms with Gasteiger partial charge in [0.05, 0.1) is 12.0 Å². The van der Waals surface area contributed by atoms with Crippen molar-refractivity contribution in [3.63, 3.8) is 0 Å². The second-order valence-corrected chi connectivity index (χ2v) is 5.29. The highest BCUT2D eigenvalue weighted by molar-refractivity contribution is 9.10. The number of rotatable bonds is 5. The second kappa shape index (κ2) is 6.54. The highest BCUT2D eigenvalue weighted by Crippen LogP contribution is 2.26. The summed E-state index contributed by atoms with van der Waals surface area (Å²) in [6.07, 6.45) is 2.01. The Labute approximate surface area is 115 Å². The summed E-state index contributed by atoms with van der Waals surface area (Å²) in [5, 5.41) is 11.0. The Morgan fingerprint density at radius 1 is 1.56 bits per heavy atom. The zero-order valence-corrected chi connectivity index (χ0v) is 12.2. The number of ether oxygens (including phenoxy) is 1. The first-order valence-electron chi connectivity index (χ1n) is 5.62. The smallest absolute Gasteiger partial charge is 0.247 e. The fourth-order valence-corrected chi connectivity index (χ4v) is 1.98. The van der Waals surface area contributed by atoms with E-state index in [1.54, 1.807) is 19.3 Å². The Balaban J connectivity index is 3.18. The van der Waals surface area contributed by atoms with Crippen molar-refractivity contribution in [2.75, 3.05) is 7.11 Å². The lowest BCUT2D eigenvalue weighted by molar-refractivity contribution is -0.427. The Hall–Kier alpha value is -1.36. The average molecular weight is 314 g/mol. The summed E-state index contributed by atoms with van der Waals surface area (Å²) in [6, 6.07) is 5.43. The zero-order chi connectivity index (χ0) is 13.7. The molecule has 0 aliphatic rings. The van der Waals surface area contributed by atoms with E-state index in [9.17, 15) is 10.1 Å². The molecule has 5 heteroatoms. The predicted molar refractivity (Wildman–Crippen MR) is 75.1 cm³/mol. The van der Waals surface area contributed by atoms with Gasteiger partial charge in [-0.05, 0) is 24.1 Å². The third kappa shape index (κ3) is 4.14. The summed E-state index contributed by atoms with van der Waals surface area (Å²) in [5.41, 5.74) is 0.903. The predicted octanol–water partition coefficient (Wildman–Crippen LogP) is 4.12. The van der Waals surface area contributed by atoms with Crippen molar-refractivity contribution in [3.8, 4) is 5.75 Å². The molecule has 98 valence electrons. The minimum Gasteiger partial charge on any atom is -0.496 e. The molecule has 0 unspecified atom stereocenters. The standard InChI is InChI=1S/C13H16BrNO3/c1-9(2)6-12(15(16)17)8-10-7-11(14)4-5-13(10)18-3/h4-5,7-9H,6H2,1-3H3. The van der Waals surface area contributed by atoms with Crippen LogP contribution in [-0.2, 0) is 0 Å². The minimum atomic E-state index is -0.333. The van der Waals surface area contributed by atoms with Gasteiger partial charge in [0.15, 0.2) is 0 Å². The quantitative estimate of drug-likeness (QED) is 0.607. The van der Waals surface area contributed by atoms with Crippen LogP contribution in [0.5, 0.6) is 5.75 Å². The summed E-state index contributed by atoms with van der Waals surface area (Å²) < 4.78 is 6.06. The number of hydrogen-bond acceptors (Lipinski definition) is 3. The molecule has 4 nitrogen and oxygen atoms in total. The number of halogens is 1. The van der Waals surface area contributed by atoms with Crippen LogP contribution in [0, 0.1) is 16.0 Å². The van der Waals surface area contributed by atoms with E-state index in [-0.39, 0.29) is 16.5 Å².